The summed E-state index contributed by atoms with van der Waals surface area (Å²) < 4.78 is 0. The maximum absolute atomic E-state index is 11.0. The van der Waals surface area contributed by atoms with E-state index in [1.165, 1.54) is 0 Å². The van der Waals surface area contributed by atoms with Crippen molar-refractivity contribution in [2.45, 2.75) is 26.2 Å². The molecule has 0 radical (unpaired) electrons. The number of hydrogen-bond acceptors (Lipinski definition) is 2. The Morgan fingerprint density at radius 3 is 3.20 bits per heavy atom. The van der Waals surface area contributed by atoms with Crippen molar-refractivity contribution in [2.75, 3.05) is 6.54 Å². The highest BCUT2D eigenvalue weighted by Crippen LogP contribution is 2.03. The van der Waals surface area contributed by atoms with Gasteiger partial charge in [0.2, 0.25) is 5.91 Å². The second-order valence-electron chi connectivity index (χ2n) is 2.35. The van der Waals surface area contributed by atoms with Crippen molar-refractivity contribution in [1.82, 2.24) is 5.01 Å². The molecule has 3 heteroatoms. The van der Waals surface area contributed by atoms with Gasteiger partial charge in [-0.1, -0.05) is 6.92 Å². The lowest BCUT2D eigenvalue weighted by atomic mass is 10.3. The topological polar surface area (TPSA) is 32.7 Å². The number of carbonyl (C=O) groups is 1. The second kappa shape index (κ2) is 3.34. The van der Waals surface area contributed by atoms with Crippen LogP contribution in [0.5, 0.6) is 0 Å². The Balaban J connectivity index is 2.47. The molecule has 1 aliphatic heterocycles. The molecule has 56 valence electrons. The minimum absolute atomic E-state index is 0.157. The first kappa shape index (κ1) is 7.25. The van der Waals surface area contributed by atoms with E-state index in [-0.39, 0.29) is 5.91 Å². The highest BCUT2D eigenvalue weighted by molar-refractivity contribution is 5.82. The fourth-order valence-corrected chi connectivity index (χ4v) is 0.932. The molecule has 1 amide bonds. The third-order valence-electron chi connectivity index (χ3n) is 1.43. The molecule has 0 aromatic rings. The lowest BCUT2D eigenvalue weighted by Crippen LogP contribution is -2.29. The first-order valence-corrected chi connectivity index (χ1v) is 3.67. The quantitative estimate of drug-likeness (QED) is 0.563. The van der Waals surface area contributed by atoms with Crippen LogP contribution in [0.3, 0.4) is 0 Å². The van der Waals surface area contributed by atoms with Gasteiger partial charge in [0.05, 0.1) is 0 Å². The van der Waals surface area contributed by atoms with Gasteiger partial charge in [0.25, 0.3) is 0 Å². The van der Waals surface area contributed by atoms with Crippen LogP contribution in [0.1, 0.15) is 26.2 Å². The molecule has 0 aromatic carbocycles. The molecule has 3 nitrogen and oxygen atoms in total. The number of amides is 1. The Labute approximate surface area is 60.7 Å². The third kappa shape index (κ3) is 1.56. The smallest absolute Gasteiger partial charge is 0.243 e. The van der Waals surface area contributed by atoms with Crippen molar-refractivity contribution in [3.05, 3.63) is 0 Å². The summed E-state index contributed by atoms with van der Waals surface area (Å²) in [5, 5.41) is 5.50. The predicted octanol–water partition coefficient (Wildman–Crippen LogP) is 1.00. The Morgan fingerprint density at radius 1 is 1.80 bits per heavy atom. The van der Waals surface area contributed by atoms with E-state index >= 15 is 0 Å². The van der Waals surface area contributed by atoms with Crippen LogP contribution in [-0.2, 0) is 4.79 Å². The molecule has 0 aliphatic carbocycles. The molecule has 0 N–H and O–H groups in total. The van der Waals surface area contributed by atoms with Gasteiger partial charge in [0.1, 0.15) is 0 Å². The van der Waals surface area contributed by atoms with Crippen molar-refractivity contribution in [1.29, 1.82) is 0 Å². The average molecular weight is 140 g/mol. The molecule has 0 bridgehead atoms. The highest BCUT2D eigenvalue weighted by Gasteiger charge is 2.12. The fraction of sp³-hybridized carbons (Fsp3) is 0.714. The molecule has 1 rings (SSSR count). The van der Waals surface area contributed by atoms with Gasteiger partial charge >= 0.3 is 0 Å². The highest BCUT2D eigenvalue weighted by atomic mass is 16.2. The summed E-state index contributed by atoms with van der Waals surface area (Å²) in [6.45, 7) is 2.80. The Hall–Kier alpha value is -0.860. The van der Waals surface area contributed by atoms with Crippen LogP contribution in [-0.4, -0.2) is 23.7 Å². The number of rotatable bonds is 2. The SMILES string of the molecule is CCCN1N=CCCC1=O. The third-order valence-corrected chi connectivity index (χ3v) is 1.43. The van der Waals surface area contributed by atoms with Gasteiger partial charge in [0.15, 0.2) is 0 Å². The van der Waals surface area contributed by atoms with Crippen LogP contribution in [0.2, 0.25) is 0 Å². The molecule has 0 fully saturated rings. The summed E-state index contributed by atoms with van der Waals surface area (Å²) in [4.78, 5) is 11.0. The standard InChI is InChI=1S/C7H12N2O/c1-2-6-9-7(10)4-3-5-8-9/h5H,2-4,6H2,1H3. The van der Waals surface area contributed by atoms with E-state index in [0.717, 1.165) is 19.4 Å². The van der Waals surface area contributed by atoms with Crippen LogP contribution in [0.15, 0.2) is 5.10 Å². The molecule has 1 aliphatic rings. The Kier molecular flexibility index (Phi) is 2.42. The van der Waals surface area contributed by atoms with E-state index in [9.17, 15) is 4.79 Å². The molecule has 0 atom stereocenters. The molecule has 10 heavy (non-hydrogen) atoms. The minimum atomic E-state index is 0.157. The zero-order valence-corrected chi connectivity index (χ0v) is 6.21. The number of carbonyl (C=O) groups excluding carboxylic acids is 1. The zero-order valence-electron chi connectivity index (χ0n) is 6.21. The summed E-state index contributed by atoms with van der Waals surface area (Å²) in [6.07, 6.45) is 4.21. The Bertz CT molecular complexity index is 154. The Morgan fingerprint density at radius 2 is 2.60 bits per heavy atom. The number of nitrogens with zero attached hydrogens (tertiary/aromatic N) is 2. The van der Waals surface area contributed by atoms with Crippen LogP contribution >= 0.6 is 0 Å². The van der Waals surface area contributed by atoms with E-state index < -0.39 is 0 Å². The van der Waals surface area contributed by atoms with E-state index in [2.05, 4.69) is 5.10 Å². The maximum Gasteiger partial charge on any atom is 0.243 e. The van der Waals surface area contributed by atoms with Crippen LogP contribution in [0, 0.1) is 0 Å². The summed E-state index contributed by atoms with van der Waals surface area (Å²) in [5.41, 5.74) is 0. The van der Waals surface area contributed by atoms with Crippen molar-refractivity contribution in [3.63, 3.8) is 0 Å². The van der Waals surface area contributed by atoms with E-state index in [0.29, 0.717) is 6.42 Å². The van der Waals surface area contributed by atoms with Gasteiger partial charge in [-0.3, -0.25) is 4.79 Å². The first-order chi connectivity index (χ1) is 4.84. The molecular formula is C7H12N2O. The lowest BCUT2D eigenvalue weighted by molar-refractivity contribution is -0.131. The van der Waals surface area contributed by atoms with Gasteiger partial charge < -0.3 is 0 Å². The van der Waals surface area contributed by atoms with Gasteiger partial charge in [-0.25, -0.2) is 5.01 Å². The average Bonchev–Trinajstić information content (AvgIpc) is 1.94. The first-order valence-electron chi connectivity index (χ1n) is 3.67. The largest absolute Gasteiger partial charge is 0.273 e. The van der Waals surface area contributed by atoms with Gasteiger partial charge in [0, 0.05) is 19.2 Å². The van der Waals surface area contributed by atoms with Gasteiger partial charge in [-0.2, -0.15) is 5.10 Å². The monoisotopic (exact) mass is 140 g/mol. The van der Waals surface area contributed by atoms with Crippen LogP contribution in [0.4, 0.5) is 0 Å². The lowest BCUT2D eigenvalue weighted by Gasteiger charge is -2.18. The molecular weight excluding hydrogens is 128 g/mol. The number of hydrazone groups is 1. The van der Waals surface area contributed by atoms with Gasteiger partial charge in [-0.05, 0) is 12.8 Å². The fourth-order valence-electron chi connectivity index (χ4n) is 0.932. The number of hydrogen-bond donors (Lipinski definition) is 0. The minimum Gasteiger partial charge on any atom is -0.273 e. The van der Waals surface area contributed by atoms with Crippen molar-refractivity contribution < 1.29 is 4.79 Å². The molecule has 0 aromatic heterocycles. The van der Waals surface area contributed by atoms with Crippen molar-refractivity contribution in [3.8, 4) is 0 Å². The van der Waals surface area contributed by atoms with Gasteiger partial charge in [-0.15, -0.1) is 0 Å². The molecule has 0 saturated carbocycles. The van der Waals surface area contributed by atoms with Crippen LogP contribution in [0.25, 0.3) is 0 Å². The molecule has 0 saturated heterocycles. The van der Waals surface area contributed by atoms with Crippen molar-refractivity contribution >= 4 is 12.1 Å². The van der Waals surface area contributed by atoms with E-state index in [1.807, 2.05) is 6.92 Å². The summed E-state index contributed by atoms with van der Waals surface area (Å²) in [5.74, 6) is 0.157. The van der Waals surface area contributed by atoms with Crippen LogP contribution < -0.4 is 0 Å². The molecule has 1 heterocycles. The van der Waals surface area contributed by atoms with Crippen molar-refractivity contribution in [2.24, 2.45) is 5.10 Å². The maximum atomic E-state index is 11.0. The van der Waals surface area contributed by atoms with E-state index in [1.54, 1.807) is 11.2 Å². The van der Waals surface area contributed by atoms with E-state index in [4.69, 9.17) is 0 Å². The normalized spacial score (nSPS) is 18.1. The molecule has 0 spiro atoms. The summed E-state index contributed by atoms with van der Waals surface area (Å²) in [7, 11) is 0. The summed E-state index contributed by atoms with van der Waals surface area (Å²) in [6, 6.07) is 0. The second-order valence-corrected chi connectivity index (χ2v) is 2.35. The zero-order chi connectivity index (χ0) is 7.40. The predicted molar refractivity (Wildman–Crippen MR) is 39.7 cm³/mol. The summed E-state index contributed by atoms with van der Waals surface area (Å²) >= 11 is 0. The molecule has 0 unspecified atom stereocenters.